The molecule has 1 unspecified atom stereocenters. The van der Waals surface area contributed by atoms with Gasteiger partial charge in [-0.15, -0.1) is 0 Å². The van der Waals surface area contributed by atoms with E-state index in [1.807, 2.05) is 30.9 Å². The molecule has 0 saturated heterocycles. The fraction of sp³-hybridized carbons (Fsp3) is 0.571. The highest BCUT2D eigenvalue weighted by molar-refractivity contribution is 5.85. The maximum atomic E-state index is 12.4. The van der Waals surface area contributed by atoms with Crippen molar-refractivity contribution in [3.05, 3.63) is 29.6 Å². The Morgan fingerprint density at radius 2 is 2.39 bits per heavy atom. The molecule has 2 rings (SSSR count). The van der Waals surface area contributed by atoms with Gasteiger partial charge in [0.1, 0.15) is 0 Å². The molecule has 1 amide bonds. The number of hydrogen-bond donors (Lipinski definition) is 1. The Hall–Kier alpha value is -1.42. The van der Waals surface area contributed by atoms with E-state index in [0.29, 0.717) is 6.54 Å². The molecule has 2 heterocycles. The second kappa shape index (κ2) is 5.06. The second-order valence-electron chi connectivity index (χ2n) is 5.25. The van der Waals surface area contributed by atoms with E-state index in [2.05, 4.69) is 4.98 Å². The van der Waals surface area contributed by atoms with Crippen molar-refractivity contribution in [3.8, 4) is 0 Å². The Labute approximate surface area is 108 Å². The molecule has 0 bridgehead atoms. The summed E-state index contributed by atoms with van der Waals surface area (Å²) in [6.45, 7) is 5.24. The van der Waals surface area contributed by atoms with E-state index in [9.17, 15) is 4.79 Å². The third-order valence-corrected chi connectivity index (χ3v) is 3.51. The van der Waals surface area contributed by atoms with Gasteiger partial charge >= 0.3 is 0 Å². The van der Waals surface area contributed by atoms with Crippen LogP contribution in [0.2, 0.25) is 0 Å². The molecule has 1 aliphatic rings. The topological polar surface area (TPSA) is 59.2 Å². The van der Waals surface area contributed by atoms with E-state index in [4.69, 9.17) is 5.73 Å². The Bertz CT molecular complexity index is 442. The van der Waals surface area contributed by atoms with Gasteiger partial charge in [0.2, 0.25) is 5.91 Å². The summed E-state index contributed by atoms with van der Waals surface area (Å²) in [4.78, 5) is 18.6. The van der Waals surface area contributed by atoms with Gasteiger partial charge in [-0.1, -0.05) is 19.4 Å². The predicted molar refractivity (Wildman–Crippen MR) is 70.9 cm³/mol. The number of rotatable bonds is 3. The molecule has 4 nitrogen and oxygen atoms in total. The van der Waals surface area contributed by atoms with Crippen molar-refractivity contribution in [2.45, 2.75) is 45.2 Å². The number of hydrogen-bond acceptors (Lipinski definition) is 3. The second-order valence-corrected chi connectivity index (χ2v) is 5.25. The number of amides is 1. The SMILES string of the molecule is CCCC(C)(N)C(=O)N1CCc2ncccc2C1. The van der Waals surface area contributed by atoms with Gasteiger partial charge in [0.05, 0.1) is 5.54 Å². The molecule has 1 atom stereocenters. The maximum absolute atomic E-state index is 12.4. The fourth-order valence-electron chi connectivity index (χ4n) is 2.53. The van der Waals surface area contributed by atoms with Crippen LogP contribution in [0.25, 0.3) is 0 Å². The molecule has 98 valence electrons. The molecule has 0 fully saturated rings. The molecule has 0 spiro atoms. The quantitative estimate of drug-likeness (QED) is 0.880. The van der Waals surface area contributed by atoms with E-state index < -0.39 is 5.54 Å². The van der Waals surface area contributed by atoms with Crippen molar-refractivity contribution in [2.24, 2.45) is 5.73 Å². The number of aromatic nitrogens is 1. The number of fused-ring (bicyclic) bond motifs is 1. The van der Waals surface area contributed by atoms with Gasteiger partial charge in [-0.25, -0.2) is 0 Å². The molecular formula is C14H21N3O. The molecule has 2 N–H and O–H groups in total. The van der Waals surface area contributed by atoms with Gasteiger partial charge in [-0.2, -0.15) is 0 Å². The summed E-state index contributed by atoms with van der Waals surface area (Å²) in [6, 6.07) is 3.95. The molecular weight excluding hydrogens is 226 g/mol. The van der Waals surface area contributed by atoms with Crippen molar-refractivity contribution in [1.29, 1.82) is 0 Å². The van der Waals surface area contributed by atoms with Crippen LogP contribution in [0.4, 0.5) is 0 Å². The highest BCUT2D eigenvalue weighted by Crippen LogP contribution is 2.20. The minimum atomic E-state index is -0.742. The van der Waals surface area contributed by atoms with E-state index in [-0.39, 0.29) is 5.91 Å². The monoisotopic (exact) mass is 247 g/mol. The number of pyridine rings is 1. The van der Waals surface area contributed by atoms with Crippen LogP contribution in [0.15, 0.2) is 18.3 Å². The summed E-state index contributed by atoms with van der Waals surface area (Å²) in [6.07, 6.45) is 4.28. The van der Waals surface area contributed by atoms with Gasteiger partial charge in [0, 0.05) is 31.4 Å². The molecule has 4 heteroatoms. The van der Waals surface area contributed by atoms with Crippen molar-refractivity contribution in [1.82, 2.24) is 9.88 Å². The number of carbonyl (C=O) groups is 1. The van der Waals surface area contributed by atoms with Crippen LogP contribution in [-0.4, -0.2) is 27.9 Å². The summed E-state index contributed by atoms with van der Waals surface area (Å²) in [5.74, 6) is 0.0545. The highest BCUT2D eigenvalue weighted by atomic mass is 16.2. The first-order valence-electron chi connectivity index (χ1n) is 6.55. The standard InChI is InChI=1S/C14H21N3O/c1-3-7-14(2,15)13(18)17-9-6-12-11(10-17)5-4-8-16-12/h4-5,8H,3,6-7,9-10,15H2,1-2H3. The Balaban J connectivity index is 2.11. The van der Waals surface area contributed by atoms with E-state index in [0.717, 1.165) is 37.1 Å². The number of nitrogens with two attached hydrogens (primary N) is 1. The molecule has 0 aromatic carbocycles. The third kappa shape index (κ3) is 2.53. The van der Waals surface area contributed by atoms with Gasteiger partial charge in [0.15, 0.2) is 0 Å². The van der Waals surface area contributed by atoms with Crippen LogP contribution in [0.5, 0.6) is 0 Å². The third-order valence-electron chi connectivity index (χ3n) is 3.51. The van der Waals surface area contributed by atoms with Crippen LogP contribution in [0, 0.1) is 0 Å². The predicted octanol–water partition coefficient (Wildman–Crippen LogP) is 1.48. The molecule has 1 aromatic heterocycles. The van der Waals surface area contributed by atoms with Crippen molar-refractivity contribution >= 4 is 5.91 Å². The summed E-state index contributed by atoms with van der Waals surface area (Å²) in [5.41, 5.74) is 7.62. The zero-order valence-corrected chi connectivity index (χ0v) is 11.1. The number of carbonyl (C=O) groups excluding carboxylic acids is 1. The number of nitrogens with zero attached hydrogens (tertiary/aromatic N) is 2. The van der Waals surface area contributed by atoms with Crippen LogP contribution >= 0.6 is 0 Å². The van der Waals surface area contributed by atoms with Crippen LogP contribution in [0.1, 0.15) is 37.9 Å². The fourth-order valence-corrected chi connectivity index (χ4v) is 2.53. The molecule has 18 heavy (non-hydrogen) atoms. The maximum Gasteiger partial charge on any atom is 0.242 e. The van der Waals surface area contributed by atoms with Crippen molar-refractivity contribution < 1.29 is 4.79 Å². The minimum absolute atomic E-state index is 0.0545. The summed E-state index contributed by atoms with van der Waals surface area (Å²) in [7, 11) is 0. The van der Waals surface area contributed by atoms with Crippen molar-refractivity contribution in [2.75, 3.05) is 6.54 Å². The molecule has 0 radical (unpaired) electrons. The first-order valence-corrected chi connectivity index (χ1v) is 6.55. The first kappa shape index (κ1) is 13.0. The van der Waals surface area contributed by atoms with Gasteiger partial charge < -0.3 is 10.6 Å². The summed E-state index contributed by atoms with van der Waals surface area (Å²) < 4.78 is 0. The van der Waals surface area contributed by atoms with Crippen LogP contribution in [-0.2, 0) is 17.8 Å². The Morgan fingerprint density at radius 1 is 1.61 bits per heavy atom. The van der Waals surface area contributed by atoms with Crippen molar-refractivity contribution in [3.63, 3.8) is 0 Å². The Kier molecular flexibility index (Phi) is 3.66. The zero-order chi connectivity index (χ0) is 13.2. The summed E-state index contributed by atoms with van der Waals surface area (Å²) >= 11 is 0. The molecule has 1 aromatic rings. The lowest BCUT2D eigenvalue weighted by molar-refractivity contribution is -0.137. The lowest BCUT2D eigenvalue weighted by atomic mass is 9.94. The average Bonchev–Trinajstić information content (AvgIpc) is 2.37. The normalized spacial score (nSPS) is 18.1. The van der Waals surface area contributed by atoms with E-state index >= 15 is 0 Å². The van der Waals surface area contributed by atoms with E-state index in [1.165, 1.54) is 0 Å². The van der Waals surface area contributed by atoms with Gasteiger partial charge in [-0.3, -0.25) is 9.78 Å². The molecule has 0 saturated carbocycles. The Morgan fingerprint density at radius 3 is 3.11 bits per heavy atom. The zero-order valence-electron chi connectivity index (χ0n) is 11.1. The smallest absolute Gasteiger partial charge is 0.242 e. The van der Waals surface area contributed by atoms with Crippen LogP contribution in [0.3, 0.4) is 0 Å². The first-order chi connectivity index (χ1) is 8.54. The largest absolute Gasteiger partial charge is 0.336 e. The van der Waals surface area contributed by atoms with E-state index in [1.54, 1.807) is 6.20 Å². The van der Waals surface area contributed by atoms with Crippen LogP contribution < -0.4 is 5.73 Å². The lowest BCUT2D eigenvalue weighted by Gasteiger charge is -2.34. The average molecular weight is 247 g/mol. The summed E-state index contributed by atoms with van der Waals surface area (Å²) in [5, 5.41) is 0. The lowest BCUT2D eigenvalue weighted by Crippen LogP contribution is -2.54. The molecule has 1 aliphatic heterocycles. The minimum Gasteiger partial charge on any atom is -0.336 e. The van der Waals surface area contributed by atoms with Gasteiger partial charge in [-0.05, 0) is 25.0 Å². The van der Waals surface area contributed by atoms with Gasteiger partial charge in [0.25, 0.3) is 0 Å². The highest BCUT2D eigenvalue weighted by Gasteiger charge is 2.33. The molecule has 0 aliphatic carbocycles.